The Morgan fingerprint density at radius 3 is 2.78 bits per heavy atom. The monoisotopic (exact) mass is 433 g/mol. The summed E-state index contributed by atoms with van der Waals surface area (Å²) in [5.74, 6) is 0.134. The molecule has 2 aromatic carbocycles. The highest BCUT2D eigenvalue weighted by molar-refractivity contribution is 5.88. The zero-order valence-electron chi connectivity index (χ0n) is 19.3. The molecule has 32 heavy (non-hydrogen) atoms. The number of aromatic amines is 1. The van der Waals surface area contributed by atoms with E-state index in [0.717, 1.165) is 45.7 Å². The molecule has 0 saturated carbocycles. The van der Waals surface area contributed by atoms with Gasteiger partial charge in [0.05, 0.1) is 13.2 Å². The fourth-order valence-electron chi connectivity index (χ4n) is 4.73. The Labute approximate surface area is 191 Å². The molecular formula is C27H35N3O2. The lowest BCUT2D eigenvalue weighted by molar-refractivity contribution is -0.121. The van der Waals surface area contributed by atoms with Crippen LogP contribution in [-0.4, -0.2) is 55.2 Å². The van der Waals surface area contributed by atoms with Crippen molar-refractivity contribution in [1.29, 1.82) is 0 Å². The van der Waals surface area contributed by atoms with Gasteiger partial charge in [-0.3, -0.25) is 9.69 Å². The Hall–Kier alpha value is -2.63. The van der Waals surface area contributed by atoms with Gasteiger partial charge in [0.15, 0.2) is 0 Å². The number of hydrogen-bond acceptors (Lipinski definition) is 3. The SMILES string of the molecule is CCc1cccc2c(C(CC(=O)NCCCN3CCOCC3)c3cccc(C)c3)c[nH]c12. The molecule has 1 aromatic heterocycles. The van der Waals surface area contributed by atoms with Gasteiger partial charge in [0.25, 0.3) is 0 Å². The summed E-state index contributed by atoms with van der Waals surface area (Å²) in [5, 5.41) is 4.38. The number of benzene rings is 2. The predicted octanol–water partition coefficient (Wildman–Crippen LogP) is 4.40. The van der Waals surface area contributed by atoms with Crippen molar-refractivity contribution < 1.29 is 9.53 Å². The number of ether oxygens (including phenoxy) is 1. The topological polar surface area (TPSA) is 57.4 Å². The maximum Gasteiger partial charge on any atom is 0.220 e. The number of amides is 1. The lowest BCUT2D eigenvalue weighted by atomic mass is 9.87. The second-order valence-electron chi connectivity index (χ2n) is 8.77. The lowest BCUT2D eigenvalue weighted by Gasteiger charge is -2.26. The molecule has 4 rings (SSSR count). The summed E-state index contributed by atoms with van der Waals surface area (Å²) in [6, 6.07) is 15.0. The number of nitrogens with one attached hydrogen (secondary N) is 2. The van der Waals surface area contributed by atoms with Gasteiger partial charge in [-0.15, -0.1) is 0 Å². The van der Waals surface area contributed by atoms with Gasteiger partial charge in [-0.2, -0.15) is 0 Å². The summed E-state index contributed by atoms with van der Waals surface area (Å²) in [7, 11) is 0. The standard InChI is InChI=1S/C27H35N3O2/c1-3-21-8-5-10-23-25(19-29-27(21)23)24(22-9-4-7-20(2)17-22)18-26(31)28-11-6-12-30-13-15-32-16-14-30/h4-5,7-10,17,19,24,29H,3,6,11-16,18H2,1-2H3,(H,28,31). The van der Waals surface area contributed by atoms with Crippen LogP contribution >= 0.6 is 0 Å². The van der Waals surface area contributed by atoms with Crippen LogP contribution in [0.1, 0.15) is 47.9 Å². The molecule has 1 fully saturated rings. The fraction of sp³-hybridized carbons (Fsp3) is 0.444. The molecule has 5 heteroatoms. The van der Waals surface area contributed by atoms with Crippen molar-refractivity contribution in [1.82, 2.24) is 15.2 Å². The number of aromatic nitrogens is 1. The van der Waals surface area contributed by atoms with Crippen LogP contribution in [-0.2, 0) is 16.0 Å². The van der Waals surface area contributed by atoms with Crippen molar-refractivity contribution in [3.63, 3.8) is 0 Å². The fourth-order valence-corrected chi connectivity index (χ4v) is 4.73. The second kappa shape index (κ2) is 10.8. The minimum atomic E-state index is 0.0231. The number of aryl methyl sites for hydroxylation is 2. The van der Waals surface area contributed by atoms with E-state index in [-0.39, 0.29) is 11.8 Å². The van der Waals surface area contributed by atoms with Crippen molar-refractivity contribution >= 4 is 16.8 Å². The van der Waals surface area contributed by atoms with E-state index < -0.39 is 0 Å². The minimum absolute atomic E-state index is 0.0231. The van der Waals surface area contributed by atoms with Gasteiger partial charge in [-0.1, -0.05) is 55.0 Å². The summed E-state index contributed by atoms with van der Waals surface area (Å²) >= 11 is 0. The Bertz CT molecular complexity index is 1040. The summed E-state index contributed by atoms with van der Waals surface area (Å²) in [5.41, 5.74) is 6.10. The number of fused-ring (bicyclic) bond motifs is 1. The van der Waals surface area contributed by atoms with Crippen LogP contribution in [0.25, 0.3) is 10.9 Å². The number of para-hydroxylation sites is 1. The quantitative estimate of drug-likeness (QED) is 0.492. The molecule has 3 aromatic rings. The van der Waals surface area contributed by atoms with Crippen LogP contribution in [0.5, 0.6) is 0 Å². The van der Waals surface area contributed by atoms with E-state index in [9.17, 15) is 4.79 Å². The highest BCUT2D eigenvalue weighted by Gasteiger charge is 2.22. The molecule has 5 nitrogen and oxygen atoms in total. The van der Waals surface area contributed by atoms with Gasteiger partial charge in [0.1, 0.15) is 0 Å². The zero-order chi connectivity index (χ0) is 22.3. The average molecular weight is 434 g/mol. The average Bonchev–Trinajstić information content (AvgIpc) is 3.25. The van der Waals surface area contributed by atoms with Gasteiger partial charge in [0, 0.05) is 49.1 Å². The first kappa shape index (κ1) is 22.6. The smallest absolute Gasteiger partial charge is 0.220 e. The molecule has 170 valence electrons. The number of rotatable bonds is 9. The summed E-state index contributed by atoms with van der Waals surface area (Å²) < 4.78 is 5.40. The first-order valence-electron chi connectivity index (χ1n) is 11.9. The van der Waals surface area contributed by atoms with Crippen LogP contribution in [0.3, 0.4) is 0 Å². The summed E-state index contributed by atoms with van der Waals surface area (Å²) in [6.45, 7) is 9.61. The van der Waals surface area contributed by atoms with Gasteiger partial charge in [0.2, 0.25) is 5.91 Å². The highest BCUT2D eigenvalue weighted by Crippen LogP contribution is 2.34. The molecule has 2 heterocycles. The number of hydrogen-bond donors (Lipinski definition) is 2. The van der Waals surface area contributed by atoms with E-state index in [2.05, 4.69) is 77.7 Å². The van der Waals surface area contributed by atoms with E-state index in [4.69, 9.17) is 4.74 Å². The van der Waals surface area contributed by atoms with Gasteiger partial charge < -0.3 is 15.0 Å². The van der Waals surface area contributed by atoms with Crippen LogP contribution in [0.15, 0.2) is 48.7 Å². The lowest BCUT2D eigenvalue weighted by Crippen LogP contribution is -2.38. The molecule has 1 saturated heterocycles. The summed E-state index contributed by atoms with van der Waals surface area (Å²) in [4.78, 5) is 18.9. The van der Waals surface area contributed by atoms with Crippen molar-refractivity contribution in [2.24, 2.45) is 0 Å². The van der Waals surface area contributed by atoms with E-state index in [0.29, 0.717) is 13.0 Å². The van der Waals surface area contributed by atoms with Crippen LogP contribution < -0.4 is 5.32 Å². The minimum Gasteiger partial charge on any atom is -0.379 e. The molecule has 1 aliphatic rings. The number of carbonyl (C=O) groups is 1. The third-order valence-corrected chi connectivity index (χ3v) is 6.50. The van der Waals surface area contributed by atoms with Gasteiger partial charge >= 0.3 is 0 Å². The molecule has 1 unspecified atom stereocenters. The molecule has 1 amide bonds. The number of carbonyl (C=O) groups excluding carboxylic acids is 1. The Morgan fingerprint density at radius 1 is 1.19 bits per heavy atom. The van der Waals surface area contributed by atoms with Crippen LogP contribution in [0.2, 0.25) is 0 Å². The third kappa shape index (κ3) is 5.40. The Morgan fingerprint density at radius 2 is 2.00 bits per heavy atom. The van der Waals surface area contributed by atoms with Gasteiger partial charge in [-0.25, -0.2) is 0 Å². The van der Waals surface area contributed by atoms with E-state index >= 15 is 0 Å². The molecule has 2 N–H and O–H groups in total. The van der Waals surface area contributed by atoms with E-state index in [1.54, 1.807) is 0 Å². The highest BCUT2D eigenvalue weighted by atomic mass is 16.5. The maximum absolute atomic E-state index is 13.0. The van der Waals surface area contributed by atoms with Crippen LogP contribution in [0.4, 0.5) is 0 Å². The van der Waals surface area contributed by atoms with E-state index in [1.807, 2.05) is 0 Å². The Kier molecular flexibility index (Phi) is 7.61. The normalized spacial score (nSPS) is 15.7. The van der Waals surface area contributed by atoms with Crippen molar-refractivity contribution in [3.8, 4) is 0 Å². The van der Waals surface area contributed by atoms with Crippen molar-refractivity contribution in [3.05, 3.63) is 70.9 Å². The van der Waals surface area contributed by atoms with Crippen molar-refractivity contribution in [2.45, 2.75) is 39.0 Å². The van der Waals surface area contributed by atoms with Crippen molar-refractivity contribution in [2.75, 3.05) is 39.4 Å². The third-order valence-electron chi connectivity index (χ3n) is 6.50. The number of H-pyrrole nitrogens is 1. The van der Waals surface area contributed by atoms with Gasteiger partial charge in [-0.05, 0) is 43.0 Å². The Balaban J connectivity index is 1.47. The predicted molar refractivity (Wildman–Crippen MR) is 130 cm³/mol. The largest absolute Gasteiger partial charge is 0.379 e. The molecule has 1 aliphatic heterocycles. The summed E-state index contributed by atoms with van der Waals surface area (Å²) in [6.07, 6.45) is 4.50. The number of nitrogens with zero attached hydrogens (tertiary/aromatic N) is 1. The zero-order valence-corrected chi connectivity index (χ0v) is 19.3. The molecule has 1 atom stereocenters. The van der Waals surface area contributed by atoms with Crippen LogP contribution in [0, 0.1) is 6.92 Å². The molecule has 0 radical (unpaired) electrons. The first-order chi connectivity index (χ1) is 15.7. The number of morpholine rings is 1. The molecule has 0 bridgehead atoms. The molecular weight excluding hydrogens is 398 g/mol. The second-order valence-corrected chi connectivity index (χ2v) is 8.77. The molecule has 0 spiro atoms. The molecule has 0 aliphatic carbocycles. The van der Waals surface area contributed by atoms with E-state index in [1.165, 1.54) is 33.2 Å². The maximum atomic E-state index is 13.0. The first-order valence-corrected chi connectivity index (χ1v) is 11.9.